The van der Waals surface area contributed by atoms with Crippen molar-refractivity contribution in [2.45, 2.75) is 43.2 Å². The van der Waals surface area contributed by atoms with E-state index in [-0.39, 0.29) is 28.8 Å². The Hall–Kier alpha value is -2.62. The van der Waals surface area contributed by atoms with Crippen molar-refractivity contribution in [1.82, 2.24) is 10.6 Å². The molecule has 2 spiro atoms. The van der Waals surface area contributed by atoms with Gasteiger partial charge in [0.2, 0.25) is 0 Å². The Kier molecular flexibility index (Phi) is 2.16. The van der Waals surface area contributed by atoms with Crippen molar-refractivity contribution in [3.05, 3.63) is 69.8 Å². The lowest BCUT2D eigenvalue weighted by Crippen LogP contribution is -2.27. The minimum atomic E-state index is -0.279. The fourth-order valence-electron chi connectivity index (χ4n) is 4.92. The van der Waals surface area contributed by atoms with Gasteiger partial charge in [0, 0.05) is 17.0 Å². The van der Waals surface area contributed by atoms with Gasteiger partial charge in [0.1, 0.15) is 0 Å². The average molecular weight is 330 g/mol. The Morgan fingerprint density at radius 3 is 2.52 bits per heavy atom. The topological polar surface area (TPSA) is 58.2 Å². The zero-order valence-corrected chi connectivity index (χ0v) is 14.0. The number of amides is 2. The molecule has 0 aromatic heterocycles. The molecule has 4 aliphatic rings. The Labute approximate surface area is 145 Å². The number of rotatable bonds is 1. The minimum Gasteiger partial charge on any atom is -0.342 e. The average Bonchev–Trinajstić information content (AvgIpc) is 3.47. The second kappa shape index (κ2) is 3.96. The van der Waals surface area contributed by atoms with E-state index in [2.05, 4.69) is 41.8 Å². The normalized spacial score (nSPS) is 29.4. The summed E-state index contributed by atoms with van der Waals surface area (Å²) in [6, 6.07) is 12.4. The maximum Gasteiger partial charge on any atom is 0.252 e. The molecule has 4 heteroatoms. The van der Waals surface area contributed by atoms with E-state index in [4.69, 9.17) is 0 Å². The number of carbonyl (C=O) groups excluding carboxylic acids is 2. The first-order chi connectivity index (χ1) is 12.0. The van der Waals surface area contributed by atoms with Crippen LogP contribution in [0.2, 0.25) is 0 Å². The molecule has 2 fully saturated rings. The van der Waals surface area contributed by atoms with Gasteiger partial charge < -0.3 is 10.6 Å². The standard InChI is InChI=1S/C21H18N2O2/c1-11-2-4-13-16(8-11)21(23-18(13)24)10-17(21)12-3-5-15-14(9-12)19(25)22-20(15)6-7-20/h2-5,8-9,17H,6-7,10H2,1H3,(H,22,25)(H,23,24)/t17-,21?/m1/s1. The SMILES string of the molecule is Cc1ccc2c(c1)C1(C[C@@H]1c1ccc3c(c1)C(=O)NC31CC1)NC2=O. The van der Waals surface area contributed by atoms with E-state index in [9.17, 15) is 9.59 Å². The molecular formula is C21H18N2O2. The molecule has 2 N–H and O–H groups in total. The zero-order chi connectivity index (χ0) is 17.0. The lowest BCUT2D eigenvalue weighted by Gasteiger charge is -2.13. The number of fused-ring (bicyclic) bond motifs is 4. The molecule has 6 rings (SSSR count). The van der Waals surface area contributed by atoms with Crippen LogP contribution in [0.5, 0.6) is 0 Å². The summed E-state index contributed by atoms with van der Waals surface area (Å²) in [7, 11) is 0. The molecule has 25 heavy (non-hydrogen) atoms. The summed E-state index contributed by atoms with van der Waals surface area (Å²) in [5.74, 6) is 0.317. The van der Waals surface area contributed by atoms with Crippen LogP contribution < -0.4 is 10.6 Å². The summed E-state index contributed by atoms with van der Waals surface area (Å²) < 4.78 is 0. The van der Waals surface area contributed by atoms with Crippen LogP contribution in [0.25, 0.3) is 0 Å². The van der Waals surface area contributed by atoms with Crippen molar-refractivity contribution in [1.29, 1.82) is 0 Å². The van der Waals surface area contributed by atoms with Crippen molar-refractivity contribution in [3.63, 3.8) is 0 Å². The monoisotopic (exact) mass is 330 g/mol. The highest BCUT2D eigenvalue weighted by molar-refractivity contribution is 6.02. The molecule has 2 aliphatic carbocycles. The minimum absolute atomic E-state index is 0.0216. The van der Waals surface area contributed by atoms with Crippen molar-refractivity contribution in [2.24, 2.45) is 0 Å². The zero-order valence-electron chi connectivity index (χ0n) is 14.0. The second-order valence-electron chi connectivity index (χ2n) is 8.07. The van der Waals surface area contributed by atoms with Gasteiger partial charge in [-0.2, -0.15) is 0 Å². The lowest BCUT2D eigenvalue weighted by atomic mass is 9.94. The summed E-state index contributed by atoms with van der Waals surface area (Å²) in [4.78, 5) is 24.7. The summed E-state index contributed by atoms with van der Waals surface area (Å²) in [5.41, 5.74) is 5.87. The molecule has 2 heterocycles. The molecule has 2 aliphatic heterocycles. The summed E-state index contributed by atoms with van der Waals surface area (Å²) in [5, 5.41) is 6.35. The molecule has 2 amide bonds. The van der Waals surface area contributed by atoms with E-state index >= 15 is 0 Å². The van der Waals surface area contributed by atoms with Crippen molar-refractivity contribution < 1.29 is 9.59 Å². The summed E-state index contributed by atoms with van der Waals surface area (Å²) in [6.07, 6.45) is 2.99. The fourth-order valence-corrected chi connectivity index (χ4v) is 4.92. The van der Waals surface area contributed by atoms with E-state index in [1.807, 2.05) is 12.1 Å². The van der Waals surface area contributed by atoms with Crippen LogP contribution in [0, 0.1) is 6.92 Å². The lowest BCUT2D eigenvalue weighted by molar-refractivity contribution is 0.0942. The Morgan fingerprint density at radius 2 is 1.72 bits per heavy atom. The second-order valence-corrected chi connectivity index (χ2v) is 8.07. The van der Waals surface area contributed by atoms with Crippen molar-refractivity contribution >= 4 is 11.8 Å². The number of carbonyl (C=O) groups is 2. The highest BCUT2D eigenvalue weighted by Crippen LogP contribution is 2.62. The molecule has 2 atom stereocenters. The van der Waals surface area contributed by atoms with Crippen LogP contribution in [0.4, 0.5) is 0 Å². The first-order valence-corrected chi connectivity index (χ1v) is 8.93. The first kappa shape index (κ1) is 13.6. The molecule has 2 aromatic rings. The molecular weight excluding hydrogens is 312 g/mol. The van der Waals surface area contributed by atoms with E-state index in [0.717, 1.165) is 47.1 Å². The maximum atomic E-state index is 12.4. The summed E-state index contributed by atoms with van der Waals surface area (Å²) >= 11 is 0. The van der Waals surface area contributed by atoms with Gasteiger partial charge in [-0.25, -0.2) is 0 Å². The number of hydrogen-bond acceptors (Lipinski definition) is 2. The van der Waals surface area contributed by atoms with Gasteiger partial charge in [-0.3, -0.25) is 9.59 Å². The first-order valence-electron chi connectivity index (χ1n) is 8.93. The van der Waals surface area contributed by atoms with Gasteiger partial charge in [0.05, 0.1) is 11.1 Å². The van der Waals surface area contributed by atoms with Gasteiger partial charge in [-0.05, 0) is 55.0 Å². The smallest absolute Gasteiger partial charge is 0.252 e. The fraction of sp³-hybridized carbons (Fsp3) is 0.333. The van der Waals surface area contributed by atoms with Gasteiger partial charge in [-0.15, -0.1) is 0 Å². The largest absolute Gasteiger partial charge is 0.342 e. The molecule has 0 saturated heterocycles. The number of nitrogens with one attached hydrogen (secondary N) is 2. The third kappa shape index (κ3) is 1.58. The van der Waals surface area contributed by atoms with Gasteiger partial charge in [0.15, 0.2) is 0 Å². The number of benzene rings is 2. The van der Waals surface area contributed by atoms with Crippen LogP contribution >= 0.6 is 0 Å². The van der Waals surface area contributed by atoms with Crippen LogP contribution in [0.15, 0.2) is 36.4 Å². The van der Waals surface area contributed by atoms with E-state index in [1.165, 1.54) is 5.56 Å². The molecule has 0 radical (unpaired) electrons. The number of hydrogen-bond donors (Lipinski definition) is 2. The molecule has 1 unspecified atom stereocenters. The number of aryl methyl sites for hydroxylation is 1. The van der Waals surface area contributed by atoms with E-state index in [0.29, 0.717) is 0 Å². The molecule has 0 bridgehead atoms. The van der Waals surface area contributed by atoms with E-state index < -0.39 is 0 Å². The van der Waals surface area contributed by atoms with Crippen molar-refractivity contribution in [2.75, 3.05) is 0 Å². The van der Waals surface area contributed by atoms with Crippen LogP contribution in [0.1, 0.15) is 68.2 Å². The van der Waals surface area contributed by atoms with Crippen molar-refractivity contribution in [3.8, 4) is 0 Å². The van der Waals surface area contributed by atoms with Gasteiger partial charge >= 0.3 is 0 Å². The van der Waals surface area contributed by atoms with E-state index in [1.54, 1.807) is 0 Å². The Morgan fingerprint density at radius 1 is 0.920 bits per heavy atom. The predicted molar refractivity (Wildman–Crippen MR) is 92.5 cm³/mol. The third-order valence-corrected chi connectivity index (χ3v) is 6.51. The molecule has 2 saturated carbocycles. The quantitative estimate of drug-likeness (QED) is 0.845. The Bertz CT molecular complexity index is 1000. The third-order valence-electron chi connectivity index (χ3n) is 6.51. The Balaban J connectivity index is 1.43. The highest BCUT2D eigenvalue weighted by atomic mass is 16.2. The van der Waals surface area contributed by atoms with Gasteiger partial charge in [-0.1, -0.05) is 29.8 Å². The maximum absolute atomic E-state index is 12.4. The van der Waals surface area contributed by atoms with Crippen LogP contribution in [-0.4, -0.2) is 11.8 Å². The predicted octanol–water partition coefficient (Wildman–Crippen LogP) is 2.85. The summed E-state index contributed by atoms with van der Waals surface area (Å²) in [6.45, 7) is 2.06. The highest BCUT2D eigenvalue weighted by Gasteiger charge is 2.62. The molecule has 4 nitrogen and oxygen atoms in total. The molecule has 124 valence electrons. The van der Waals surface area contributed by atoms with Crippen LogP contribution in [-0.2, 0) is 11.1 Å². The molecule has 2 aromatic carbocycles. The van der Waals surface area contributed by atoms with Gasteiger partial charge in [0.25, 0.3) is 11.8 Å². The van der Waals surface area contributed by atoms with Crippen LogP contribution in [0.3, 0.4) is 0 Å².